The lowest BCUT2D eigenvalue weighted by Crippen LogP contribution is -2.66. The monoisotopic (exact) mass is 864 g/mol. The van der Waals surface area contributed by atoms with Crippen molar-refractivity contribution in [2.24, 2.45) is 23.7 Å². The molecule has 4 aliphatic heterocycles. The molecule has 46 heavy (non-hydrogen) atoms. The van der Waals surface area contributed by atoms with Crippen molar-refractivity contribution < 1.29 is 18.2 Å². The van der Waals surface area contributed by atoms with E-state index in [1.165, 1.54) is 12.8 Å². The number of nitrogens with zero attached hydrogens (tertiary/aromatic N) is 4. The van der Waals surface area contributed by atoms with Gasteiger partial charge in [-0.2, -0.15) is 5.43 Å². The highest BCUT2D eigenvalue weighted by molar-refractivity contribution is 14.1. The Labute approximate surface area is 306 Å². The van der Waals surface area contributed by atoms with E-state index in [1.807, 2.05) is 42.1 Å². The van der Waals surface area contributed by atoms with Crippen molar-refractivity contribution in [1.82, 2.24) is 20.7 Å². The number of nitrogens with one attached hydrogen (secondary N) is 2. The van der Waals surface area contributed by atoms with Crippen molar-refractivity contribution in [1.29, 1.82) is 0 Å². The largest absolute Gasteiger partial charge is 0.379 e. The molecule has 0 aromatic heterocycles. The normalized spacial score (nSPS) is 30.0. The molecule has 0 saturated carbocycles. The maximum absolute atomic E-state index is 16.2. The van der Waals surface area contributed by atoms with Crippen molar-refractivity contribution in [3.63, 3.8) is 0 Å². The third-order valence-corrected chi connectivity index (χ3v) is 12.6. The number of ether oxygens (including phenoxy) is 1. The molecular formula is C36H59FI2N6O+2. The minimum Gasteiger partial charge on any atom is -0.379 e. The van der Waals surface area contributed by atoms with Crippen molar-refractivity contribution in [3.05, 3.63) is 60.5 Å². The molecule has 0 aliphatic carbocycles. The molecule has 258 valence electrons. The van der Waals surface area contributed by atoms with E-state index in [9.17, 15) is 0 Å². The second kappa shape index (κ2) is 15.9. The van der Waals surface area contributed by atoms with Gasteiger partial charge in [0.1, 0.15) is 11.4 Å². The van der Waals surface area contributed by atoms with Crippen LogP contribution in [0.3, 0.4) is 0 Å². The Hall–Kier alpha value is -0.640. The number of rotatable bonds is 15. The molecule has 0 aromatic rings. The number of alkyl halides is 3. The van der Waals surface area contributed by atoms with Crippen molar-refractivity contribution >= 4 is 51.5 Å². The standard InChI is InChI=1S/C36H58FI2N6O/c1-11-25(4)30(34(35-41-40-23-42(35)7)44-21-29(22-44)46-10)17-27(12-2)31-18-33(45(8,9)26(31)5)32(36(6,37)39)16-24(3)19-43-15-13-14-28(38)20-43/h12,16,18,23,25,27-31,34-35,41H,2-3,5,11,13-15,17,19-22H2,1,4,6-10H3/q+1/p+1/b32-16+/t25?,27-,28+,30-,31?,34-,35?,36+/m1/s1. The maximum Gasteiger partial charge on any atom is 0.251 e. The number of hydrogen-bond donors (Lipinski definition) is 2. The fourth-order valence-electron chi connectivity index (χ4n) is 7.86. The molecule has 4 rings (SSSR count). The average Bonchev–Trinajstić information content (AvgIpc) is 3.48. The molecule has 2 fully saturated rings. The molecule has 0 bridgehead atoms. The Kier molecular flexibility index (Phi) is 13.2. The highest BCUT2D eigenvalue weighted by Gasteiger charge is 2.50. The molecule has 3 unspecified atom stereocenters. The van der Waals surface area contributed by atoms with E-state index in [2.05, 4.69) is 115 Å². The summed E-state index contributed by atoms with van der Waals surface area (Å²) in [6, 6.07) is 0.278. The van der Waals surface area contributed by atoms with E-state index in [0.29, 0.717) is 25.8 Å². The molecule has 0 radical (unpaired) electrons. The van der Waals surface area contributed by atoms with Gasteiger partial charge in [-0.05, 0) is 97.4 Å². The topological polar surface area (TPSA) is 42.8 Å². The molecule has 7 nitrogen and oxygen atoms in total. The Balaban J connectivity index is 1.65. The SMILES string of the molecule is C=C[C@H](C[C@H](C(C)CC)[C@H](C1NNC=[N+]1C)N1CC(OC)C1)C1C=C(/C(=C\C(=C)CN2CCC[C@H](I)C2)[C@@](C)(F)I)[N+](C)(C)C1=C. The second-order valence-corrected chi connectivity index (χ2v) is 18.4. The van der Waals surface area contributed by atoms with Crippen LogP contribution in [0.4, 0.5) is 4.39 Å². The number of hydrazine groups is 1. The molecule has 0 amide bonds. The molecule has 0 spiro atoms. The van der Waals surface area contributed by atoms with Crippen molar-refractivity contribution in [2.45, 2.75) is 72.4 Å². The molecule has 2 N–H and O–H groups in total. The van der Waals surface area contributed by atoms with Gasteiger partial charge in [0.25, 0.3) is 6.34 Å². The molecular weight excluding hydrogens is 805 g/mol. The summed E-state index contributed by atoms with van der Waals surface area (Å²) < 4.78 is 23.7. The quantitative estimate of drug-likeness (QED) is 0.0510. The molecule has 4 aliphatic rings. The smallest absolute Gasteiger partial charge is 0.251 e. The van der Waals surface area contributed by atoms with Crippen LogP contribution in [0.2, 0.25) is 0 Å². The van der Waals surface area contributed by atoms with Gasteiger partial charge < -0.3 is 4.74 Å². The highest BCUT2D eigenvalue weighted by Crippen LogP contribution is 2.49. The minimum atomic E-state index is -1.56. The lowest BCUT2D eigenvalue weighted by atomic mass is 9.73. The Morgan fingerprint density at radius 3 is 2.57 bits per heavy atom. The number of likely N-dealkylation sites (tertiary alicyclic amines) is 2. The Morgan fingerprint density at radius 1 is 1.33 bits per heavy atom. The van der Waals surface area contributed by atoms with E-state index < -0.39 is 3.68 Å². The van der Waals surface area contributed by atoms with E-state index >= 15 is 4.39 Å². The average molecular weight is 865 g/mol. The lowest BCUT2D eigenvalue weighted by Gasteiger charge is -2.49. The minimum absolute atomic E-state index is 0.0501. The number of allylic oxidation sites excluding steroid dienone is 3. The Bertz CT molecular complexity index is 1220. The summed E-state index contributed by atoms with van der Waals surface area (Å²) in [5, 5.41) is 0. The summed E-state index contributed by atoms with van der Waals surface area (Å²) >= 11 is 4.51. The predicted molar refractivity (Wildman–Crippen MR) is 207 cm³/mol. The number of hydrogen-bond acceptors (Lipinski definition) is 5. The van der Waals surface area contributed by atoms with Gasteiger partial charge in [0.15, 0.2) is 9.84 Å². The summed E-state index contributed by atoms with van der Waals surface area (Å²) in [5.74, 6) is 1.08. The number of quaternary nitrogens is 1. The third-order valence-electron chi connectivity index (χ3n) is 11.0. The van der Waals surface area contributed by atoms with E-state index in [4.69, 9.17) is 4.74 Å². The first kappa shape index (κ1) is 38.2. The number of methoxy groups -OCH3 is 1. The third kappa shape index (κ3) is 8.56. The predicted octanol–water partition coefficient (Wildman–Crippen LogP) is 6.25. The van der Waals surface area contributed by atoms with E-state index in [1.54, 1.807) is 6.92 Å². The molecule has 2 saturated heterocycles. The number of halogens is 3. The lowest BCUT2D eigenvalue weighted by molar-refractivity contribution is -0.808. The van der Waals surface area contributed by atoms with Crippen LogP contribution < -0.4 is 10.9 Å². The fraction of sp³-hybridized carbons (Fsp3) is 0.694. The van der Waals surface area contributed by atoms with Gasteiger partial charge in [-0.3, -0.25) is 14.3 Å². The van der Waals surface area contributed by atoms with Gasteiger partial charge >= 0.3 is 0 Å². The fourth-order valence-corrected chi connectivity index (χ4v) is 9.29. The van der Waals surface area contributed by atoms with E-state index in [-0.39, 0.29) is 30.1 Å². The molecule has 8 atom stereocenters. The maximum atomic E-state index is 16.2. The second-order valence-electron chi connectivity index (χ2n) is 14.6. The molecule has 0 aromatic carbocycles. The first-order valence-corrected chi connectivity index (χ1v) is 19.3. The van der Waals surface area contributed by atoms with Gasteiger partial charge in [-0.1, -0.05) is 55.5 Å². The van der Waals surface area contributed by atoms with E-state index in [0.717, 1.165) is 62.5 Å². The Morgan fingerprint density at radius 2 is 2.02 bits per heavy atom. The first-order valence-electron chi connectivity index (χ1n) is 17.0. The van der Waals surface area contributed by atoms with Gasteiger partial charge in [-0.25, -0.2) is 8.97 Å². The van der Waals surface area contributed by atoms with Crippen LogP contribution in [0.1, 0.15) is 46.5 Å². The van der Waals surface area contributed by atoms with Crippen LogP contribution in [0, 0.1) is 23.7 Å². The van der Waals surface area contributed by atoms with Gasteiger partial charge in [0.05, 0.1) is 44.8 Å². The highest BCUT2D eigenvalue weighted by atomic mass is 127. The molecule has 4 heterocycles. The van der Waals surface area contributed by atoms with Gasteiger partial charge in [0.2, 0.25) is 0 Å². The summed E-state index contributed by atoms with van der Waals surface area (Å²) in [6.07, 6.45) is 13.4. The van der Waals surface area contributed by atoms with Gasteiger partial charge in [0, 0.05) is 37.2 Å². The zero-order chi connectivity index (χ0) is 34.0. The number of piperidine rings is 1. The zero-order valence-corrected chi connectivity index (χ0v) is 33.6. The van der Waals surface area contributed by atoms with Crippen molar-refractivity contribution in [2.75, 3.05) is 61.0 Å². The molecule has 10 heteroatoms. The summed E-state index contributed by atoms with van der Waals surface area (Å²) in [5.41, 5.74) is 10.5. The van der Waals surface area contributed by atoms with Crippen molar-refractivity contribution in [3.8, 4) is 0 Å². The van der Waals surface area contributed by atoms with Crippen LogP contribution in [-0.2, 0) is 4.74 Å². The summed E-state index contributed by atoms with van der Waals surface area (Å²) in [7, 11) is 8.25. The van der Waals surface area contributed by atoms with Crippen LogP contribution in [0.5, 0.6) is 0 Å². The zero-order valence-electron chi connectivity index (χ0n) is 29.2. The first-order chi connectivity index (χ1) is 21.6. The van der Waals surface area contributed by atoms with Crippen LogP contribution in [0.15, 0.2) is 60.5 Å². The van der Waals surface area contributed by atoms with Gasteiger partial charge in [-0.15, -0.1) is 12.0 Å². The van der Waals surface area contributed by atoms with Crippen LogP contribution in [0.25, 0.3) is 0 Å². The van der Waals surface area contributed by atoms with Crippen LogP contribution >= 0.6 is 45.2 Å². The number of likely N-dealkylation sites (N-methyl/N-ethyl adjacent to an activating group) is 2. The summed E-state index contributed by atoms with van der Waals surface area (Å²) in [4.78, 5) is 5.05. The van der Waals surface area contributed by atoms with Crippen LogP contribution in [-0.4, -0.2) is 112 Å². The summed E-state index contributed by atoms with van der Waals surface area (Å²) in [6.45, 7) is 24.6.